The Morgan fingerprint density at radius 3 is 2.53 bits per heavy atom. The SMILES string of the molecule is CNC(=O)C1CCN(c2nc(N3CCOC[C@@H]3C)c3ccc(-c4ccc(N)cc4)nc3n2)CC1. The highest BCUT2D eigenvalue weighted by atomic mass is 16.5. The molecule has 0 bridgehead atoms. The minimum Gasteiger partial charge on any atom is -0.399 e. The van der Waals surface area contributed by atoms with Crippen LogP contribution in [0.25, 0.3) is 22.3 Å². The Labute approximate surface area is 199 Å². The molecule has 9 nitrogen and oxygen atoms in total. The molecule has 2 aromatic heterocycles. The fraction of sp³-hybridized carbons (Fsp3) is 0.440. The van der Waals surface area contributed by atoms with Crippen molar-refractivity contribution in [3.8, 4) is 11.3 Å². The van der Waals surface area contributed by atoms with E-state index in [1.165, 1.54) is 0 Å². The molecule has 5 rings (SSSR count). The first-order valence-corrected chi connectivity index (χ1v) is 11.9. The van der Waals surface area contributed by atoms with Crippen LogP contribution in [-0.2, 0) is 9.53 Å². The normalized spacial score (nSPS) is 19.4. The van der Waals surface area contributed by atoms with Gasteiger partial charge in [0.1, 0.15) is 5.82 Å². The van der Waals surface area contributed by atoms with Gasteiger partial charge in [0.2, 0.25) is 11.9 Å². The van der Waals surface area contributed by atoms with Crippen molar-refractivity contribution in [1.29, 1.82) is 0 Å². The van der Waals surface area contributed by atoms with Gasteiger partial charge >= 0.3 is 0 Å². The Balaban J connectivity index is 1.55. The number of hydrogen-bond acceptors (Lipinski definition) is 8. The molecule has 0 radical (unpaired) electrons. The van der Waals surface area contributed by atoms with Crippen molar-refractivity contribution in [3.63, 3.8) is 0 Å². The second kappa shape index (κ2) is 9.42. The number of nitrogens with two attached hydrogens (primary N) is 1. The predicted molar refractivity (Wildman–Crippen MR) is 134 cm³/mol. The third kappa shape index (κ3) is 4.35. The van der Waals surface area contributed by atoms with Gasteiger partial charge in [-0.1, -0.05) is 12.1 Å². The number of benzene rings is 1. The highest BCUT2D eigenvalue weighted by Crippen LogP contribution is 2.31. The molecule has 0 unspecified atom stereocenters. The zero-order valence-corrected chi connectivity index (χ0v) is 19.7. The molecule has 1 atom stereocenters. The van der Waals surface area contributed by atoms with E-state index in [1.54, 1.807) is 7.05 Å². The summed E-state index contributed by atoms with van der Waals surface area (Å²) in [5.41, 5.74) is 9.09. The molecule has 4 heterocycles. The summed E-state index contributed by atoms with van der Waals surface area (Å²) in [5, 5.41) is 3.70. The summed E-state index contributed by atoms with van der Waals surface area (Å²) in [7, 11) is 1.70. The first-order chi connectivity index (χ1) is 16.5. The van der Waals surface area contributed by atoms with Gasteiger partial charge in [0.05, 0.1) is 30.3 Å². The maximum absolute atomic E-state index is 12.1. The van der Waals surface area contributed by atoms with Crippen LogP contribution >= 0.6 is 0 Å². The minimum atomic E-state index is 0.0377. The number of morpholine rings is 1. The smallest absolute Gasteiger partial charge is 0.229 e. The third-order valence-corrected chi connectivity index (χ3v) is 6.77. The van der Waals surface area contributed by atoms with Gasteiger partial charge in [-0.2, -0.15) is 9.97 Å². The van der Waals surface area contributed by atoms with Crippen LogP contribution in [0.15, 0.2) is 36.4 Å². The van der Waals surface area contributed by atoms with Gasteiger partial charge in [0.25, 0.3) is 0 Å². The second-order valence-corrected chi connectivity index (χ2v) is 9.03. The zero-order valence-electron chi connectivity index (χ0n) is 19.7. The Bertz CT molecular complexity index is 1180. The van der Waals surface area contributed by atoms with E-state index in [9.17, 15) is 4.79 Å². The fourth-order valence-electron chi connectivity index (χ4n) is 4.75. The molecular formula is C25H31N7O2. The van der Waals surface area contributed by atoms with E-state index in [4.69, 9.17) is 25.4 Å². The number of pyridine rings is 1. The first kappa shape index (κ1) is 22.3. The molecule has 178 valence electrons. The number of amides is 1. The number of ether oxygens (including phenoxy) is 1. The molecule has 34 heavy (non-hydrogen) atoms. The number of carbonyl (C=O) groups excluding carboxylic acids is 1. The van der Waals surface area contributed by atoms with E-state index in [1.807, 2.05) is 30.3 Å². The number of nitrogens with one attached hydrogen (secondary N) is 1. The Hall–Kier alpha value is -3.46. The van der Waals surface area contributed by atoms with Crippen molar-refractivity contribution in [1.82, 2.24) is 20.3 Å². The van der Waals surface area contributed by atoms with Crippen LogP contribution in [-0.4, -0.2) is 66.8 Å². The third-order valence-electron chi connectivity index (χ3n) is 6.77. The average Bonchev–Trinajstić information content (AvgIpc) is 2.88. The van der Waals surface area contributed by atoms with Gasteiger partial charge in [-0.3, -0.25) is 4.79 Å². The number of aromatic nitrogens is 3. The van der Waals surface area contributed by atoms with E-state index in [-0.39, 0.29) is 17.9 Å². The molecule has 3 aromatic rings. The van der Waals surface area contributed by atoms with Gasteiger partial charge in [-0.25, -0.2) is 4.98 Å². The molecule has 0 aliphatic carbocycles. The van der Waals surface area contributed by atoms with Gasteiger partial charge in [0, 0.05) is 43.9 Å². The molecular weight excluding hydrogens is 430 g/mol. The Morgan fingerprint density at radius 1 is 1.06 bits per heavy atom. The average molecular weight is 462 g/mol. The van der Waals surface area contributed by atoms with Crippen LogP contribution in [0, 0.1) is 5.92 Å². The van der Waals surface area contributed by atoms with Gasteiger partial charge < -0.3 is 25.6 Å². The summed E-state index contributed by atoms with van der Waals surface area (Å²) >= 11 is 0. The molecule has 2 aliphatic heterocycles. The quantitative estimate of drug-likeness (QED) is 0.571. The van der Waals surface area contributed by atoms with Gasteiger partial charge in [-0.15, -0.1) is 0 Å². The fourth-order valence-corrected chi connectivity index (χ4v) is 4.75. The number of hydrogen-bond donors (Lipinski definition) is 2. The second-order valence-electron chi connectivity index (χ2n) is 9.03. The van der Waals surface area contributed by atoms with E-state index < -0.39 is 0 Å². The number of piperidine rings is 1. The number of carbonyl (C=O) groups is 1. The Morgan fingerprint density at radius 2 is 1.82 bits per heavy atom. The molecule has 2 aliphatic rings. The Kier molecular flexibility index (Phi) is 6.19. The number of fused-ring (bicyclic) bond motifs is 1. The van der Waals surface area contributed by atoms with Crippen molar-refractivity contribution in [2.45, 2.75) is 25.8 Å². The monoisotopic (exact) mass is 461 g/mol. The molecule has 0 saturated carbocycles. The molecule has 1 amide bonds. The van der Waals surface area contributed by atoms with Gasteiger partial charge in [-0.05, 0) is 44.0 Å². The molecule has 2 saturated heterocycles. The summed E-state index contributed by atoms with van der Waals surface area (Å²) < 4.78 is 5.66. The molecule has 9 heteroatoms. The predicted octanol–water partition coefficient (Wildman–Crippen LogP) is 2.46. The van der Waals surface area contributed by atoms with Crippen molar-refractivity contribution in [3.05, 3.63) is 36.4 Å². The van der Waals surface area contributed by atoms with Crippen LogP contribution < -0.4 is 20.9 Å². The summed E-state index contributed by atoms with van der Waals surface area (Å²) in [6, 6.07) is 12.0. The van der Waals surface area contributed by atoms with Gasteiger partial charge in [0.15, 0.2) is 5.65 Å². The number of nitrogen functional groups attached to an aromatic ring is 1. The summed E-state index contributed by atoms with van der Waals surface area (Å²) in [5.74, 6) is 1.70. The van der Waals surface area contributed by atoms with Crippen LogP contribution in [0.3, 0.4) is 0 Å². The van der Waals surface area contributed by atoms with E-state index >= 15 is 0 Å². The molecule has 0 spiro atoms. The lowest BCUT2D eigenvalue weighted by Gasteiger charge is -2.36. The van der Waals surface area contributed by atoms with Crippen molar-refractivity contribution in [2.75, 3.05) is 55.4 Å². The lowest BCUT2D eigenvalue weighted by Crippen LogP contribution is -2.45. The van der Waals surface area contributed by atoms with Crippen LogP contribution in [0.2, 0.25) is 0 Å². The minimum absolute atomic E-state index is 0.0377. The first-order valence-electron chi connectivity index (χ1n) is 11.9. The summed E-state index contributed by atoms with van der Waals surface area (Å²) in [4.78, 5) is 31.4. The van der Waals surface area contributed by atoms with Crippen LogP contribution in [0.1, 0.15) is 19.8 Å². The maximum atomic E-state index is 12.1. The lowest BCUT2D eigenvalue weighted by molar-refractivity contribution is -0.125. The summed E-state index contributed by atoms with van der Waals surface area (Å²) in [6.07, 6.45) is 1.56. The molecule has 2 fully saturated rings. The highest BCUT2D eigenvalue weighted by Gasteiger charge is 2.28. The number of rotatable bonds is 4. The van der Waals surface area contributed by atoms with E-state index in [0.29, 0.717) is 24.8 Å². The molecule has 3 N–H and O–H groups in total. The van der Waals surface area contributed by atoms with Crippen LogP contribution in [0.5, 0.6) is 0 Å². The maximum Gasteiger partial charge on any atom is 0.229 e. The highest BCUT2D eigenvalue weighted by molar-refractivity contribution is 5.90. The molecule has 1 aromatic carbocycles. The number of anilines is 3. The van der Waals surface area contributed by atoms with Crippen molar-refractivity contribution < 1.29 is 9.53 Å². The lowest BCUT2D eigenvalue weighted by atomic mass is 9.96. The summed E-state index contributed by atoms with van der Waals surface area (Å²) in [6.45, 7) is 5.72. The standard InChI is InChI=1S/C25H31N7O2/c1-16-15-34-14-13-32(16)23-20-7-8-21(17-3-5-19(26)6-4-17)28-22(20)29-25(30-23)31-11-9-18(10-12-31)24(33)27-2/h3-8,16,18H,9-15,26H2,1-2H3,(H,27,33)/t16-/m0/s1. The van der Waals surface area contributed by atoms with Crippen LogP contribution in [0.4, 0.5) is 17.5 Å². The van der Waals surface area contributed by atoms with Crippen molar-refractivity contribution in [2.24, 2.45) is 5.92 Å². The largest absolute Gasteiger partial charge is 0.399 e. The zero-order chi connectivity index (χ0) is 23.7. The topological polar surface area (TPSA) is 110 Å². The van der Waals surface area contributed by atoms with Crippen molar-refractivity contribution >= 4 is 34.4 Å². The number of nitrogens with zero attached hydrogens (tertiary/aromatic N) is 5. The van der Waals surface area contributed by atoms with E-state index in [2.05, 4.69) is 28.1 Å². The van der Waals surface area contributed by atoms with E-state index in [0.717, 1.165) is 60.6 Å².